The van der Waals surface area contributed by atoms with Gasteiger partial charge in [0.2, 0.25) is 11.8 Å². The van der Waals surface area contributed by atoms with E-state index in [1.165, 1.54) is 0 Å². The van der Waals surface area contributed by atoms with E-state index < -0.39 is 0 Å². The number of likely N-dealkylation sites (tertiary alicyclic amines) is 1. The number of Topliss-reactive ketones (excluding diaryl/α,β-unsaturated/α-hetero) is 1. The van der Waals surface area contributed by atoms with Gasteiger partial charge in [-0.2, -0.15) is 4.98 Å². The second kappa shape index (κ2) is 8.56. The highest BCUT2D eigenvalue weighted by Crippen LogP contribution is 2.18. The molecular formula is C20H23N3O3. The van der Waals surface area contributed by atoms with Gasteiger partial charge in [-0.25, -0.2) is 4.98 Å². The number of rotatable bonds is 6. The Bertz CT molecular complexity index is 764. The van der Waals surface area contributed by atoms with E-state index in [1.807, 2.05) is 25.1 Å². The Hall–Kier alpha value is -2.76. The number of amides is 1. The zero-order valence-corrected chi connectivity index (χ0v) is 14.9. The highest BCUT2D eigenvalue weighted by molar-refractivity contribution is 5.97. The Morgan fingerprint density at radius 2 is 2.00 bits per heavy atom. The quantitative estimate of drug-likeness (QED) is 0.747. The molecule has 1 aromatic heterocycles. The van der Waals surface area contributed by atoms with E-state index in [1.54, 1.807) is 29.3 Å². The molecule has 1 unspecified atom stereocenters. The highest BCUT2D eigenvalue weighted by Gasteiger charge is 2.25. The van der Waals surface area contributed by atoms with Crippen molar-refractivity contribution in [3.8, 4) is 5.88 Å². The third-order valence-electron chi connectivity index (χ3n) is 4.43. The lowest BCUT2D eigenvalue weighted by atomic mass is 10.0. The summed E-state index contributed by atoms with van der Waals surface area (Å²) >= 11 is 0. The molecule has 1 aromatic carbocycles. The normalized spacial score (nSPS) is 17.0. The van der Waals surface area contributed by atoms with Crippen molar-refractivity contribution in [2.24, 2.45) is 0 Å². The fourth-order valence-electron chi connectivity index (χ4n) is 3.08. The number of nitrogens with zero attached hydrogens (tertiary/aromatic N) is 3. The van der Waals surface area contributed by atoms with Crippen molar-refractivity contribution >= 4 is 11.7 Å². The molecule has 0 radical (unpaired) electrons. The van der Waals surface area contributed by atoms with E-state index in [4.69, 9.17) is 4.74 Å². The molecule has 6 nitrogen and oxygen atoms in total. The molecule has 136 valence electrons. The van der Waals surface area contributed by atoms with Crippen LogP contribution in [-0.2, 0) is 4.79 Å². The van der Waals surface area contributed by atoms with Gasteiger partial charge >= 0.3 is 0 Å². The Morgan fingerprint density at radius 3 is 2.77 bits per heavy atom. The van der Waals surface area contributed by atoms with E-state index in [-0.39, 0.29) is 30.6 Å². The number of benzene rings is 1. The minimum absolute atomic E-state index is 0.000204. The monoisotopic (exact) mass is 353 g/mol. The molecule has 0 aliphatic carbocycles. The zero-order chi connectivity index (χ0) is 18.4. The van der Waals surface area contributed by atoms with Crippen LogP contribution in [0.1, 0.15) is 41.9 Å². The van der Waals surface area contributed by atoms with Crippen molar-refractivity contribution in [3.63, 3.8) is 0 Å². The summed E-state index contributed by atoms with van der Waals surface area (Å²) in [6.07, 6.45) is 3.82. The fourth-order valence-corrected chi connectivity index (χ4v) is 3.08. The summed E-state index contributed by atoms with van der Waals surface area (Å²) in [5, 5.41) is 0. The largest absolute Gasteiger partial charge is 0.472 e. The third kappa shape index (κ3) is 4.88. The molecule has 0 N–H and O–H groups in total. The molecule has 1 amide bonds. The molecule has 2 aromatic rings. The molecule has 26 heavy (non-hydrogen) atoms. The molecule has 2 heterocycles. The van der Waals surface area contributed by atoms with Crippen molar-refractivity contribution < 1.29 is 14.3 Å². The van der Waals surface area contributed by atoms with Crippen LogP contribution in [0.25, 0.3) is 0 Å². The van der Waals surface area contributed by atoms with Crippen LogP contribution in [0.4, 0.5) is 0 Å². The van der Waals surface area contributed by atoms with Gasteiger partial charge in [0.05, 0.1) is 6.54 Å². The number of aryl methyl sites for hydroxylation is 1. The van der Waals surface area contributed by atoms with Gasteiger partial charge in [-0.15, -0.1) is 0 Å². The lowest BCUT2D eigenvalue weighted by Crippen LogP contribution is -2.44. The maximum atomic E-state index is 12.5. The third-order valence-corrected chi connectivity index (χ3v) is 4.43. The average molecular weight is 353 g/mol. The summed E-state index contributed by atoms with van der Waals surface area (Å²) in [5.41, 5.74) is 0.652. The maximum Gasteiger partial charge on any atom is 0.223 e. The Morgan fingerprint density at radius 1 is 1.19 bits per heavy atom. The Labute approximate surface area is 153 Å². The molecule has 3 rings (SSSR count). The van der Waals surface area contributed by atoms with Crippen molar-refractivity contribution in [3.05, 3.63) is 54.0 Å². The Balaban J connectivity index is 1.50. The molecular weight excluding hydrogens is 330 g/mol. The SMILES string of the molecule is Cc1nccc(OC2CCCN(C(=O)CCC(=O)c3ccccc3)C2)n1. The minimum atomic E-state index is -0.0770. The van der Waals surface area contributed by atoms with Crippen LogP contribution in [0, 0.1) is 6.92 Å². The second-order valence-corrected chi connectivity index (χ2v) is 6.45. The first-order valence-corrected chi connectivity index (χ1v) is 8.94. The van der Waals surface area contributed by atoms with Gasteiger partial charge < -0.3 is 9.64 Å². The summed E-state index contributed by atoms with van der Waals surface area (Å²) in [7, 11) is 0. The van der Waals surface area contributed by atoms with Crippen LogP contribution in [0.3, 0.4) is 0 Å². The summed E-state index contributed by atoms with van der Waals surface area (Å²) in [6.45, 7) is 3.05. The van der Waals surface area contributed by atoms with E-state index in [0.717, 1.165) is 12.8 Å². The molecule has 1 aliphatic rings. The van der Waals surface area contributed by atoms with E-state index >= 15 is 0 Å². The van der Waals surface area contributed by atoms with Crippen molar-refractivity contribution in [2.75, 3.05) is 13.1 Å². The first-order valence-electron chi connectivity index (χ1n) is 8.94. The van der Waals surface area contributed by atoms with Crippen LogP contribution in [-0.4, -0.2) is 45.8 Å². The topological polar surface area (TPSA) is 72.4 Å². The van der Waals surface area contributed by atoms with E-state index in [0.29, 0.717) is 30.4 Å². The number of ether oxygens (including phenoxy) is 1. The molecule has 1 fully saturated rings. The van der Waals surface area contributed by atoms with Crippen LogP contribution >= 0.6 is 0 Å². The number of carbonyl (C=O) groups excluding carboxylic acids is 2. The number of ketones is 1. The lowest BCUT2D eigenvalue weighted by Gasteiger charge is -2.32. The predicted octanol–water partition coefficient (Wildman–Crippen LogP) is 2.82. The molecule has 1 atom stereocenters. The summed E-state index contributed by atoms with van der Waals surface area (Å²) in [4.78, 5) is 34.7. The Kier molecular flexibility index (Phi) is 5.94. The van der Waals surface area contributed by atoms with Crippen molar-refractivity contribution in [2.45, 2.75) is 38.7 Å². The van der Waals surface area contributed by atoms with Gasteiger partial charge in [-0.05, 0) is 19.8 Å². The fraction of sp³-hybridized carbons (Fsp3) is 0.400. The van der Waals surface area contributed by atoms with Gasteiger partial charge in [0, 0.05) is 37.2 Å². The molecule has 0 bridgehead atoms. The van der Waals surface area contributed by atoms with Crippen LogP contribution in [0.15, 0.2) is 42.6 Å². The lowest BCUT2D eigenvalue weighted by molar-refractivity contribution is -0.133. The smallest absolute Gasteiger partial charge is 0.223 e. The predicted molar refractivity (Wildman–Crippen MR) is 97.0 cm³/mol. The molecule has 6 heteroatoms. The number of carbonyl (C=O) groups is 2. The van der Waals surface area contributed by atoms with E-state index in [9.17, 15) is 9.59 Å². The van der Waals surface area contributed by atoms with Crippen LogP contribution < -0.4 is 4.74 Å². The second-order valence-electron chi connectivity index (χ2n) is 6.45. The first kappa shape index (κ1) is 18.0. The van der Waals surface area contributed by atoms with Crippen molar-refractivity contribution in [1.29, 1.82) is 0 Å². The van der Waals surface area contributed by atoms with Gasteiger partial charge in [0.25, 0.3) is 0 Å². The number of piperidine rings is 1. The van der Waals surface area contributed by atoms with Gasteiger partial charge in [0.1, 0.15) is 11.9 Å². The molecule has 0 spiro atoms. The molecule has 1 saturated heterocycles. The van der Waals surface area contributed by atoms with Gasteiger partial charge in [-0.3, -0.25) is 9.59 Å². The maximum absolute atomic E-state index is 12.5. The van der Waals surface area contributed by atoms with Gasteiger partial charge in [-0.1, -0.05) is 30.3 Å². The summed E-state index contributed by atoms with van der Waals surface area (Å²) < 4.78 is 5.90. The van der Waals surface area contributed by atoms with Crippen LogP contribution in [0.5, 0.6) is 5.88 Å². The van der Waals surface area contributed by atoms with Crippen LogP contribution in [0.2, 0.25) is 0 Å². The minimum Gasteiger partial charge on any atom is -0.472 e. The number of hydrogen-bond donors (Lipinski definition) is 0. The summed E-state index contributed by atoms with van der Waals surface area (Å²) in [6, 6.07) is 10.8. The highest BCUT2D eigenvalue weighted by atomic mass is 16.5. The zero-order valence-electron chi connectivity index (χ0n) is 14.9. The van der Waals surface area contributed by atoms with E-state index in [2.05, 4.69) is 9.97 Å². The molecule has 0 saturated carbocycles. The number of hydrogen-bond acceptors (Lipinski definition) is 5. The molecule has 1 aliphatic heterocycles. The average Bonchev–Trinajstić information content (AvgIpc) is 2.67. The standard InChI is InChI=1S/C20H23N3O3/c1-15-21-12-11-19(22-15)26-17-8-5-13-23(14-17)20(25)10-9-18(24)16-6-3-2-4-7-16/h2-4,6-7,11-12,17H,5,8-10,13-14H2,1H3. The van der Waals surface area contributed by atoms with Gasteiger partial charge in [0.15, 0.2) is 5.78 Å². The summed E-state index contributed by atoms with van der Waals surface area (Å²) in [5.74, 6) is 1.20. The first-order chi connectivity index (χ1) is 12.6. The van der Waals surface area contributed by atoms with Crippen molar-refractivity contribution in [1.82, 2.24) is 14.9 Å². The number of aromatic nitrogens is 2.